The Morgan fingerprint density at radius 2 is 1.39 bits per heavy atom. The van der Waals surface area contributed by atoms with E-state index in [0.29, 0.717) is 13.8 Å². The Hall–Kier alpha value is -0.820. The number of esters is 1. The second-order valence-corrected chi connectivity index (χ2v) is 8.51. The molecule has 0 atom stereocenters. The molecular weight excluding hydrogens is 553 g/mol. The standard InChI is InChI=1S/C11H12F8INO6S/c1-4-26-6(23)5(22)7(2,3)21-28(24,25)11(18,19)10(16,17)27-9(14,15)8(12,13)20/h21H,4H2,1-3H3. The van der Waals surface area contributed by atoms with E-state index in [-0.39, 0.29) is 0 Å². The lowest BCUT2D eigenvalue weighted by molar-refractivity contribution is -0.438. The van der Waals surface area contributed by atoms with Crippen molar-refractivity contribution < 1.29 is 62.6 Å². The Bertz CT molecular complexity index is 721. The van der Waals surface area contributed by atoms with Crippen molar-refractivity contribution in [2.45, 2.75) is 47.7 Å². The van der Waals surface area contributed by atoms with Crippen molar-refractivity contribution in [2.75, 3.05) is 6.61 Å². The number of nitrogens with one attached hydrogen (secondary N) is 1. The molecule has 0 aliphatic heterocycles. The van der Waals surface area contributed by atoms with Gasteiger partial charge in [0.2, 0.25) is 0 Å². The van der Waals surface area contributed by atoms with Crippen molar-refractivity contribution in [1.29, 1.82) is 0 Å². The lowest BCUT2D eigenvalue weighted by Gasteiger charge is -2.32. The molecule has 166 valence electrons. The Kier molecular flexibility index (Phi) is 7.89. The van der Waals surface area contributed by atoms with E-state index in [4.69, 9.17) is 0 Å². The largest absolute Gasteiger partial charge is 0.460 e. The van der Waals surface area contributed by atoms with Gasteiger partial charge in [0.1, 0.15) is 0 Å². The highest BCUT2D eigenvalue weighted by Crippen LogP contribution is 2.48. The van der Waals surface area contributed by atoms with Crippen LogP contribution in [0.5, 0.6) is 0 Å². The zero-order valence-electron chi connectivity index (χ0n) is 14.0. The first-order chi connectivity index (χ1) is 12.1. The number of alkyl halides is 9. The maximum Gasteiger partial charge on any atom is 0.448 e. The molecule has 0 radical (unpaired) electrons. The van der Waals surface area contributed by atoms with Gasteiger partial charge in [0.15, 0.2) is 0 Å². The van der Waals surface area contributed by atoms with Crippen molar-refractivity contribution >= 4 is 44.4 Å². The summed E-state index contributed by atoms with van der Waals surface area (Å²) in [4.78, 5) is 23.0. The lowest BCUT2D eigenvalue weighted by atomic mass is 10.0. The molecule has 0 aromatic carbocycles. The number of hydrogen-bond donors (Lipinski definition) is 1. The summed E-state index contributed by atoms with van der Waals surface area (Å²) in [6, 6.07) is 0. The summed E-state index contributed by atoms with van der Waals surface area (Å²) in [5.41, 5.74) is -2.81. The van der Waals surface area contributed by atoms with Crippen molar-refractivity contribution in [2.24, 2.45) is 0 Å². The predicted octanol–water partition coefficient (Wildman–Crippen LogP) is 2.64. The van der Waals surface area contributed by atoms with Gasteiger partial charge in [-0.1, -0.05) is 0 Å². The third-order valence-electron chi connectivity index (χ3n) is 2.68. The van der Waals surface area contributed by atoms with Crippen molar-refractivity contribution in [3.05, 3.63) is 0 Å². The molecule has 0 fully saturated rings. The third kappa shape index (κ3) is 5.62. The summed E-state index contributed by atoms with van der Waals surface area (Å²) in [6.45, 7) is 1.81. The first kappa shape index (κ1) is 27.2. The summed E-state index contributed by atoms with van der Waals surface area (Å²) < 4.78 is 130. The molecule has 0 heterocycles. The van der Waals surface area contributed by atoms with E-state index >= 15 is 0 Å². The van der Waals surface area contributed by atoms with Gasteiger partial charge < -0.3 is 4.74 Å². The monoisotopic (exact) mass is 565 g/mol. The predicted molar refractivity (Wildman–Crippen MR) is 82.7 cm³/mol. The number of ether oxygens (including phenoxy) is 2. The van der Waals surface area contributed by atoms with Crippen molar-refractivity contribution in [3.63, 3.8) is 0 Å². The van der Waals surface area contributed by atoms with Crippen LogP contribution in [0.4, 0.5) is 35.1 Å². The minimum absolute atomic E-state index is 0.393. The number of ketones is 1. The van der Waals surface area contributed by atoms with Crippen LogP contribution in [0.25, 0.3) is 0 Å². The van der Waals surface area contributed by atoms with Gasteiger partial charge in [-0.15, -0.1) is 0 Å². The molecule has 0 amide bonds. The zero-order valence-corrected chi connectivity index (χ0v) is 16.9. The number of halogens is 9. The van der Waals surface area contributed by atoms with Gasteiger partial charge in [-0.05, 0) is 20.8 Å². The molecule has 28 heavy (non-hydrogen) atoms. The molecular formula is C11H12F8INO6S. The summed E-state index contributed by atoms with van der Waals surface area (Å²) in [7, 11) is -6.75. The zero-order chi connectivity index (χ0) is 23.0. The molecule has 0 aliphatic carbocycles. The van der Waals surface area contributed by atoms with Crippen LogP contribution in [0.3, 0.4) is 0 Å². The maximum absolute atomic E-state index is 13.7. The van der Waals surface area contributed by atoms with Crippen LogP contribution in [0, 0.1) is 0 Å². The van der Waals surface area contributed by atoms with Crippen LogP contribution in [0.1, 0.15) is 20.8 Å². The van der Waals surface area contributed by atoms with Gasteiger partial charge in [-0.2, -0.15) is 39.8 Å². The number of sulfonamides is 1. The van der Waals surface area contributed by atoms with Crippen LogP contribution in [-0.4, -0.2) is 53.7 Å². The van der Waals surface area contributed by atoms with E-state index < -0.39 is 77.9 Å². The molecule has 7 nitrogen and oxygen atoms in total. The van der Waals surface area contributed by atoms with E-state index in [1.807, 2.05) is 0 Å². The molecule has 0 rings (SSSR count). The highest BCUT2D eigenvalue weighted by molar-refractivity contribution is 14.1. The fraction of sp³-hybridized carbons (Fsp3) is 0.818. The summed E-state index contributed by atoms with van der Waals surface area (Å²) >= 11 is -0.393. The quantitative estimate of drug-likeness (QED) is 0.144. The first-order valence-corrected chi connectivity index (χ1v) is 9.27. The number of carbonyl (C=O) groups is 2. The molecule has 1 N–H and O–H groups in total. The van der Waals surface area contributed by atoms with Gasteiger partial charge >= 0.3 is 27.4 Å². The fourth-order valence-electron chi connectivity index (χ4n) is 1.33. The molecule has 0 saturated carbocycles. The minimum atomic E-state index is -6.75. The summed E-state index contributed by atoms with van der Waals surface area (Å²) in [5.74, 6) is -3.53. The average Bonchev–Trinajstić information content (AvgIpc) is 2.42. The number of rotatable bonds is 10. The molecule has 0 aromatic rings. The van der Waals surface area contributed by atoms with Crippen LogP contribution in [-0.2, 0) is 29.1 Å². The maximum atomic E-state index is 13.7. The molecule has 0 aromatic heterocycles. The van der Waals surface area contributed by atoms with Crippen LogP contribution < -0.4 is 4.72 Å². The molecule has 0 aliphatic rings. The van der Waals surface area contributed by atoms with E-state index in [1.54, 1.807) is 0 Å². The minimum Gasteiger partial charge on any atom is -0.460 e. The molecule has 17 heteroatoms. The molecule has 0 unspecified atom stereocenters. The SMILES string of the molecule is CCOC(=O)C(=O)C(C)(C)NS(=O)(=O)C(F)(F)C(F)(F)OC(F)(F)C(F)(F)I. The van der Waals surface area contributed by atoms with E-state index in [2.05, 4.69) is 9.47 Å². The van der Waals surface area contributed by atoms with Gasteiger partial charge in [0, 0.05) is 22.6 Å². The van der Waals surface area contributed by atoms with Crippen LogP contribution >= 0.6 is 22.6 Å². The van der Waals surface area contributed by atoms with Crippen molar-refractivity contribution in [3.8, 4) is 0 Å². The van der Waals surface area contributed by atoms with Crippen LogP contribution in [0.15, 0.2) is 0 Å². The van der Waals surface area contributed by atoms with Gasteiger partial charge in [-0.25, -0.2) is 17.9 Å². The van der Waals surface area contributed by atoms with Gasteiger partial charge in [0.25, 0.3) is 15.8 Å². The number of hydrogen-bond acceptors (Lipinski definition) is 6. The Morgan fingerprint density at radius 3 is 1.75 bits per heavy atom. The van der Waals surface area contributed by atoms with E-state index in [9.17, 15) is 53.1 Å². The topological polar surface area (TPSA) is 98.8 Å². The number of carbonyl (C=O) groups excluding carboxylic acids is 2. The highest BCUT2D eigenvalue weighted by atomic mass is 127. The first-order valence-electron chi connectivity index (χ1n) is 6.71. The van der Waals surface area contributed by atoms with Gasteiger partial charge in [0.05, 0.1) is 12.1 Å². The van der Waals surface area contributed by atoms with Crippen LogP contribution in [0.2, 0.25) is 0 Å². The van der Waals surface area contributed by atoms with E-state index in [1.165, 1.54) is 6.92 Å². The van der Waals surface area contributed by atoms with E-state index in [0.717, 1.165) is 4.72 Å². The summed E-state index contributed by atoms with van der Waals surface area (Å²) in [5, 5.41) is -6.57. The molecule has 0 saturated heterocycles. The second kappa shape index (κ2) is 8.13. The Balaban J connectivity index is 5.87. The molecule has 0 bridgehead atoms. The third-order valence-corrected chi connectivity index (χ3v) is 5.00. The number of Topliss-reactive ketones (excluding diaryl/α,β-unsaturated/α-hetero) is 1. The highest BCUT2D eigenvalue weighted by Gasteiger charge is 2.74. The summed E-state index contributed by atoms with van der Waals surface area (Å²) in [6.07, 6.45) is -12.9. The normalized spacial score (nSPS) is 14.7. The lowest BCUT2D eigenvalue weighted by Crippen LogP contribution is -2.62. The van der Waals surface area contributed by atoms with Gasteiger partial charge in [-0.3, -0.25) is 4.79 Å². The second-order valence-electron chi connectivity index (χ2n) is 5.43. The molecule has 0 spiro atoms. The smallest absolute Gasteiger partial charge is 0.448 e. The Labute approximate surface area is 166 Å². The Morgan fingerprint density at radius 1 is 0.964 bits per heavy atom. The average molecular weight is 565 g/mol. The van der Waals surface area contributed by atoms with Crippen molar-refractivity contribution in [1.82, 2.24) is 4.72 Å². The fourth-order valence-corrected chi connectivity index (χ4v) is 2.69.